The minimum Gasteiger partial charge on any atom is -0.255 e. The van der Waals surface area contributed by atoms with E-state index in [0.717, 1.165) is 6.20 Å². The van der Waals surface area contributed by atoms with Gasteiger partial charge in [0, 0.05) is 16.8 Å². The van der Waals surface area contributed by atoms with Gasteiger partial charge in [0.1, 0.15) is 11.4 Å². The molecule has 1 heterocycles. The summed E-state index contributed by atoms with van der Waals surface area (Å²) in [4.78, 5) is 3.56. The van der Waals surface area contributed by atoms with Crippen molar-refractivity contribution in [2.75, 3.05) is 0 Å². The fraction of sp³-hybridized carbons (Fsp3) is 0.0833. The zero-order chi connectivity index (χ0) is 15.1. The highest BCUT2D eigenvalue weighted by molar-refractivity contribution is 6.41. The van der Waals surface area contributed by atoms with Crippen molar-refractivity contribution in [2.45, 2.75) is 6.18 Å². The maximum absolute atomic E-state index is 13.5. The first-order valence-electron chi connectivity index (χ1n) is 5.08. The standard InChI is InChI=1S/C12H4Cl3F4N/c13-5-3-6(14)9(7(15)4-5)11-10(12(17,18)19)8(16)1-2-20-11/h1-4H. The van der Waals surface area contributed by atoms with Crippen molar-refractivity contribution in [3.63, 3.8) is 0 Å². The quantitative estimate of drug-likeness (QED) is 0.590. The zero-order valence-corrected chi connectivity index (χ0v) is 11.7. The van der Waals surface area contributed by atoms with Gasteiger partial charge in [-0.05, 0) is 18.2 Å². The number of halogens is 7. The maximum Gasteiger partial charge on any atom is 0.421 e. The molecule has 1 aromatic heterocycles. The molecule has 0 aliphatic rings. The highest BCUT2D eigenvalue weighted by Crippen LogP contribution is 2.43. The molecule has 20 heavy (non-hydrogen) atoms. The average molecular weight is 345 g/mol. The Balaban J connectivity index is 2.81. The summed E-state index contributed by atoms with van der Waals surface area (Å²) in [5.74, 6) is -1.45. The monoisotopic (exact) mass is 343 g/mol. The normalized spacial score (nSPS) is 11.8. The molecule has 0 aliphatic carbocycles. The summed E-state index contributed by atoms with van der Waals surface area (Å²) in [5, 5.41) is -0.147. The Hall–Kier alpha value is -1.04. The molecular formula is C12H4Cl3F4N. The van der Waals surface area contributed by atoms with Crippen molar-refractivity contribution in [3.8, 4) is 11.3 Å². The van der Waals surface area contributed by atoms with Crippen LogP contribution in [-0.4, -0.2) is 4.98 Å². The number of benzene rings is 1. The highest BCUT2D eigenvalue weighted by Gasteiger charge is 2.38. The van der Waals surface area contributed by atoms with Gasteiger partial charge >= 0.3 is 6.18 Å². The van der Waals surface area contributed by atoms with Crippen LogP contribution >= 0.6 is 34.8 Å². The summed E-state index contributed by atoms with van der Waals surface area (Å²) in [6, 6.07) is 3.03. The molecule has 8 heteroatoms. The van der Waals surface area contributed by atoms with Gasteiger partial charge in [-0.3, -0.25) is 4.98 Å². The van der Waals surface area contributed by atoms with Gasteiger partial charge in [-0.25, -0.2) is 4.39 Å². The predicted octanol–water partition coefficient (Wildman–Crippen LogP) is 5.87. The number of rotatable bonds is 1. The maximum atomic E-state index is 13.5. The van der Waals surface area contributed by atoms with Crippen molar-refractivity contribution in [3.05, 3.63) is 50.8 Å². The molecule has 0 bridgehead atoms. The summed E-state index contributed by atoms with van der Waals surface area (Å²) in [6.07, 6.45) is -4.03. The second-order valence-corrected chi connectivity index (χ2v) is 5.01. The molecule has 106 valence electrons. The van der Waals surface area contributed by atoms with E-state index in [1.54, 1.807) is 0 Å². The van der Waals surface area contributed by atoms with Crippen molar-refractivity contribution >= 4 is 34.8 Å². The van der Waals surface area contributed by atoms with Crippen LogP contribution in [0.3, 0.4) is 0 Å². The Morgan fingerprint density at radius 2 is 1.55 bits per heavy atom. The van der Waals surface area contributed by atoms with Crippen LogP contribution in [0.4, 0.5) is 17.6 Å². The molecule has 0 aliphatic heterocycles. The van der Waals surface area contributed by atoms with Gasteiger partial charge in [-0.2, -0.15) is 13.2 Å². The van der Waals surface area contributed by atoms with Crippen molar-refractivity contribution in [2.24, 2.45) is 0 Å². The van der Waals surface area contributed by atoms with Gasteiger partial charge in [0.15, 0.2) is 0 Å². The topological polar surface area (TPSA) is 12.9 Å². The number of alkyl halides is 3. The Bertz CT molecular complexity index is 647. The molecule has 0 amide bonds. The molecule has 0 radical (unpaired) electrons. The molecule has 0 saturated heterocycles. The third-order valence-electron chi connectivity index (χ3n) is 2.43. The molecule has 0 N–H and O–H groups in total. The molecule has 0 saturated carbocycles. The fourth-order valence-corrected chi connectivity index (χ4v) is 2.66. The van der Waals surface area contributed by atoms with Crippen LogP contribution in [0.2, 0.25) is 15.1 Å². The van der Waals surface area contributed by atoms with Crippen LogP contribution in [0.1, 0.15) is 5.56 Å². The molecule has 1 aromatic carbocycles. The molecule has 2 rings (SSSR count). The summed E-state index contributed by atoms with van der Waals surface area (Å²) >= 11 is 17.4. The Kier molecular flexibility index (Phi) is 4.14. The van der Waals surface area contributed by atoms with Gasteiger partial charge in [0.25, 0.3) is 0 Å². The van der Waals surface area contributed by atoms with Crippen molar-refractivity contribution in [1.82, 2.24) is 4.98 Å². The first-order chi connectivity index (χ1) is 9.21. The number of aromatic nitrogens is 1. The van der Waals surface area contributed by atoms with Gasteiger partial charge < -0.3 is 0 Å². The summed E-state index contributed by atoms with van der Waals surface area (Å²) in [5.41, 5.74) is -2.42. The first-order valence-corrected chi connectivity index (χ1v) is 6.22. The predicted molar refractivity (Wildman–Crippen MR) is 69.7 cm³/mol. The third-order valence-corrected chi connectivity index (χ3v) is 3.24. The smallest absolute Gasteiger partial charge is 0.255 e. The molecule has 0 spiro atoms. The van der Waals surface area contributed by atoms with Crippen LogP contribution in [0.5, 0.6) is 0 Å². The van der Waals surface area contributed by atoms with E-state index in [0.29, 0.717) is 6.07 Å². The zero-order valence-electron chi connectivity index (χ0n) is 9.40. The third kappa shape index (κ3) is 2.85. The lowest BCUT2D eigenvalue weighted by atomic mass is 10.0. The van der Waals surface area contributed by atoms with E-state index in [-0.39, 0.29) is 20.6 Å². The van der Waals surface area contributed by atoms with E-state index in [1.807, 2.05) is 0 Å². The second kappa shape index (κ2) is 5.39. The van der Waals surface area contributed by atoms with Crippen molar-refractivity contribution in [1.29, 1.82) is 0 Å². The first kappa shape index (κ1) is 15.4. The Labute approximate surface area is 126 Å². The largest absolute Gasteiger partial charge is 0.421 e. The van der Waals surface area contributed by atoms with Gasteiger partial charge in [-0.1, -0.05) is 34.8 Å². The van der Waals surface area contributed by atoms with Crippen molar-refractivity contribution < 1.29 is 17.6 Å². The highest BCUT2D eigenvalue weighted by atomic mass is 35.5. The van der Waals surface area contributed by atoms with E-state index < -0.39 is 23.3 Å². The number of nitrogens with zero attached hydrogens (tertiary/aromatic N) is 1. The summed E-state index contributed by atoms with van der Waals surface area (Å²) < 4.78 is 52.3. The molecular weight excluding hydrogens is 340 g/mol. The lowest BCUT2D eigenvalue weighted by Crippen LogP contribution is -2.11. The van der Waals surface area contributed by atoms with E-state index >= 15 is 0 Å². The molecule has 1 nitrogen and oxygen atoms in total. The molecule has 0 atom stereocenters. The minimum absolute atomic E-state index is 0.147. The lowest BCUT2D eigenvalue weighted by molar-refractivity contribution is -0.139. The second-order valence-electron chi connectivity index (χ2n) is 3.76. The van der Waals surface area contributed by atoms with Gasteiger partial charge in [0.05, 0.1) is 15.7 Å². The summed E-state index contributed by atoms with van der Waals surface area (Å²) in [6.45, 7) is 0. The van der Waals surface area contributed by atoms with E-state index in [4.69, 9.17) is 34.8 Å². The fourth-order valence-electron chi connectivity index (χ4n) is 1.67. The number of hydrogen-bond acceptors (Lipinski definition) is 1. The number of hydrogen-bond donors (Lipinski definition) is 0. The van der Waals surface area contributed by atoms with Gasteiger partial charge in [-0.15, -0.1) is 0 Å². The SMILES string of the molecule is Fc1ccnc(-c2c(Cl)cc(Cl)cc2Cl)c1C(F)(F)F. The van der Waals surface area contributed by atoms with Crippen LogP contribution in [-0.2, 0) is 6.18 Å². The minimum atomic E-state index is -4.93. The Morgan fingerprint density at radius 1 is 1.00 bits per heavy atom. The van der Waals surface area contributed by atoms with Crippen LogP contribution < -0.4 is 0 Å². The van der Waals surface area contributed by atoms with E-state index in [1.165, 1.54) is 12.1 Å². The molecule has 0 fully saturated rings. The summed E-state index contributed by atoms with van der Waals surface area (Å²) in [7, 11) is 0. The Morgan fingerprint density at radius 3 is 2.05 bits per heavy atom. The van der Waals surface area contributed by atoms with E-state index in [2.05, 4.69) is 4.98 Å². The average Bonchev–Trinajstić information content (AvgIpc) is 2.25. The molecule has 0 unspecified atom stereocenters. The van der Waals surface area contributed by atoms with Gasteiger partial charge in [0.2, 0.25) is 0 Å². The van der Waals surface area contributed by atoms with Crippen LogP contribution in [0, 0.1) is 5.82 Å². The van der Waals surface area contributed by atoms with Crippen LogP contribution in [0.25, 0.3) is 11.3 Å². The van der Waals surface area contributed by atoms with Crippen LogP contribution in [0.15, 0.2) is 24.4 Å². The van der Waals surface area contributed by atoms with E-state index in [9.17, 15) is 17.6 Å². The lowest BCUT2D eigenvalue weighted by Gasteiger charge is -2.15. The molecule has 2 aromatic rings. The number of pyridine rings is 1.